The summed E-state index contributed by atoms with van der Waals surface area (Å²) >= 11 is 0. The van der Waals surface area contributed by atoms with Crippen LogP contribution < -0.4 is 10.1 Å². The highest BCUT2D eigenvalue weighted by Gasteiger charge is 2.20. The van der Waals surface area contributed by atoms with E-state index in [1.54, 1.807) is 17.0 Å². The molecular weight excluding hydrogens is 347 g/mol. The molecule has 6 heteroatoms. The molecule has 3 rings (SSSR count). The molecule has 2 aromatic carbocycles. The van der Waals surface area contributed by atoms with Gasteiger partial charge >= 0.3 is 6.03 Å². The number of nitrogens with one attached hydrogen (secondary N) is 1. The Balaban J connectivity index is 1.61. The number of benzene rings is 2. The number of hydrogen-bond acceptors (Lipinski definition) is 3. The summed E-state index contributed by atoms with van der Waals surface area (Å²) in [7, 11) is 0. The second kappa shape index (κ2) is 8.86. The number of fused-ring (bicyclic) bond motifs is 1. The highest BCUT2D eigenvalue weighted by atomic mass is 19.1. The van der Waals surface area contributed by atoms with Crippen LogP contribution in [-0.2, 0) is 24.5 Å². The van der Waals surface area contributed by atoms with Crippen molar-refractivity contribution in [1.82, 2.24) is 10.2 Å². The average molecular weight is 372 g/mol. The molecule has 0 aliphatic carbocycles. The molecule has 2 amide bonds. The van der Waals surface area contributed by atoms with Crippen LogP contribution in [0.1, 0.15) is 30.5 Å². The van der Waals surface area contributed by atoms with Crippen LogP contribution in [0.3, 0.4) is 0 Å². The SMILES string of the molecule is CC(C)NC(=O)N1CCOc2ccc(COCc3ccc(F)cc3)cc2C1. The minimum absolute atomic E-state index is 0.0839. The van der Waals surface area contributed by atoms with E-state index in [-0.39, 0.29) is 17.9 Å². The van der Waals surface area contributed by atoms with E-state index in [0.29, 0.717) is 32.9 Å². The topological polar surface area (TPSA) is 50.8 Å². The Kier molecular flexibility index (Phi) is 6.29. The van der Waals surface area contributed by atoms with Gasteiger partial charge in [0.15, 0.2) is 0 Å². The molecule has 0 spiro atoms. The lowest BCUT2D eigenvalue weighted by Gasteiger charge is -2.22. The maximum Gasteiger partial charge on any atom is 0.318 e. The smallest absolute Gasteiger partial charge is 0.318 e. The van der Waals surface area contributed by atoms with Crippen LogP contribution >= 0.6 is 0 Å². The molecule has 1 aliphatic heterocycles. The average Bonchev–Trinajstić information content (AvgIpc) is 2.85. The standard InChI is InChI=1S/C21H25FN2O3/c1-15(2)23-21(25)24-9-10-27-20-8-5-17(11-18(20)12-24)14-26-13-16-3-6-19(22)7-4-16/h3-8,11,15H,9-10,12-14H2,1-2H3,(H,23,25). The number of amides is 2. The first kappa shape index (κ1) is 19.2. The van der Waals surface area contributed by atoms with Crippen molar-refractivity contribution in [2.45, 2.75) is 39.6 Å². The Morgan fingerprint density at radius 3 is 2.63 bits per heavy atom. The van der Waals surface area contributed by atoms with Gasteiger partial charge in [-0.3, -0.25) is 0 Å². The van der Waals surface area contributed by atoms with E-state index < -0.39 is 0 Å². The second-order valence-corrected chi connectivity index (χ2v) is 6.94. The van der Waals surface area contributed by atoms with Gasteiger partial charge in [0.1, 0.15) is 18.2 Å². The number of carbonyl (C=O) groups is 1. The van der Waals surface area contributed by atoms with Crippen molar-refractivity contribution in [3.63, 3.8) is 0 Å². The van der Waals surface area contributed by atoms with Crippen molar-refractivity contribution in [3.8, 4) is 5.75 Å². The van der Waals surface area contributed by atoms with Gasteiger partial charge in [0.25, 0.3) is 0 Å². The Hall–Kier alpha value is -2.60. The first-order valence-electron chi connectivity index (χ1n) is 9.13. The molecule has 0 bridgehead atoms. The maximum absolute atomic E-state index is 12.9. The molecule has 1 aliphatic rings. The number of ether oxygens (including phenoxy) is 2. The van der Waals surface area contributed by atoms with E-state index in [2.05, 4.69) is 5.32 Å². The molecule has 1 heterocycles. The predicted octanol–water partition coefficient (Wildman–Crippen LogP) is 3.85. The van der Waals surface area contributed by atoms with Crippen molar-refractivity contribution >= 4 is 6.03 Å². The van der Waals surface area contributed by atoms with Gasteiger partial charge in [0.2, 0.25) is 0 Å². The minimum Gasteiger partial charge on any atom is -0.491 e. The van der Waals surface area contributed by atoms with Crippen molar-refractivity contribution in [2.75, 3.05) is 13.2 Å². The number of nitrogens with zero attached hydrogens (tertiary/aromatic N) is 1. The minimum atomic E-state index is -0.254. The molecule has 0 saturated heterocycles. The fourth-order valence-electron chi connectivity index (χ4n) is 2.92. The summed E-state index contributed by atoms with van der Waals surface area (Å²) in [4.78, 5) is 14.1. The summed E-state index contributed by atoms with van der Waals surface area (Å²) in [6.45, 7) is 6.25. The third-order valence-corrected chi connectivity index (χ3v) is 4.25. The quantitative estimate of drug-likeness (QED) is 0.867. The van der Waals surface area contributed by atoms with Gasteiger partial charge in [-0.15, -0.1) is 0 Å². The zero-order valence-electron chi connectivity index (χ0n) is 15.7. The summed E-state index contributed by atoms with van der Waals surface area (Å²) < 4.78 is 24.5. The summed E-state index contributed by atoms with van der Waals surface area (Å²) in [6, 6.07) is 12.2. The van der Waals surface area contributed by atoms with E-state index in [4.69, 9.17) is 9.47 Å². The predicted molar refractivity (Wildman–Crippen MR) is 101 cm³/mol. The monoisotopic (exact) mass is 372 g/mol. The first-order chi connectivity index (χ1) is 13.0. The summed E-state index contributed by atoms with van der Waals surface area (Å²) in [6.07, 6.45) is 0. The summed E-state index contributed by atoms with van der Waals surface area (Å²) in [5, 5.41) is 2.92. The van der Waals surface area contributed by atoms with Crippen molar-refractivity contribution in [2.24, 2.45) is 0 Å². The van der Waals surface area contributed by atoms with Crippen LogP contribution in [0.2, 0.25) is 0 Å². The Morgan fingerprint density at radius 1 is 1.19 bits per heavy atom. The van der Waals surface area contributed by atoms with Crippen LogP contribution in [0.25, 0.3) is 0 Å². The Morgan fingerprint density at radius 2 is 1.89 bits per heavy atom. The van der Waals surface area contributed by atoms with Gasteiger partial charge in [-0.1, -0.05) is 18.2 Å². The van der Waals surface area contributed by atoms with Crippen molar-refractivity contribution in [3.05, 3.63) is 65.0 Å². The zero-order chi connectivity index (χ0) is 19.2. The molecule has 144 valence electrons. The first-order valence-corrected chi connectivity index (χ1v) is 9.13. The van der Waals surface area contributed by atoms with Crippen LogP contribution in [0, 0.1) is 5.82 Å². The van der Waals surface area contributed by atoms with E-state index in [0.717, 1.165) is 22.4 Å². The van der Waals surface area contributed by atoms with E-state index >= 15 is 0 Å². The van der Waals surface area contributed by atoms with E-state index in [1.165, 1.54) is 12.1 Å². The van der Waals surface area contributed by atoms with Gasteiger partial charge in [-0.05, 0) is 49.2 Å². The number of carbonyl (C=O) groups excluding carboxylic acids is 1. The molecule has 0 atom stereocenters. The van der Waals surface area contributed by atoms with E-state index in [9.17, 15) is 9.18 Å². The lowest BCUT2D eigenvalue weighted by molar-refractivity contribution is 0.107. The molecule has 27 heavy (non-hydrogen) atoms. The van der Waals surface area contributed by atoms with Gasteiger partial charge in [0.05, 0.1) is 26.3 Å². The molecule has 0 fully saturated rings. The molecule has 2 aromatic rings. The number of rotatable bonds is 5. The normalized spacial score (nSPS) is 13.7. The van der Waals surface area contributed by atoms with E-state index in [1.807, 2.05) is 32.0 Å². The molecule has 0 saturated carbocycles. The van der Waals surface area contributed by atoms with Crippen LogP contribution in [0.15, 0.2) is 42.5 Å². The fourth-order valence-corrected chi connectivity index (χ4v) is 2.92. The van der Waals surface area contributed by atoms with Crippen molar-refractivity contribution in [1.29, 1.82) is 0 Å². The highest BCUT2D eigenvalue weighted by Crippen LogP contribution is 2.25. The third-order valence-electron chi connectivity index (χ3n) is 4.25. The van der Waals surface area contributed by atoms with Gasteiger partial charge < -0.3 is 19.7 Å². The number of halogens is 1. The lowest BCUT2D eigenvalue weighted by atomic mass is 10.1. The zero-order valence-corrected chi connectivity index (χ0v) is 15.7. The molecule has 0 radical (unpaired) electrons. The Labute approximate surface area is 159 Å². The van der Waals surface area contributed by atoms with Crippen LogP contribution in [0.5, 0.6) is 5.75 Å². The molecular formula is C21H25FN2O3. The second-order valence-electron chi connectivity index (χ2n) is 6.94. The van der Waals surface area contributed by atoms with Gasteiger partial charge in [-0.2, -0.15) is 0 Å². The number of urea groups is 1. The molecule has 0 aromatic heterocycles. The molecule has 5 nitrogen and oxygen atoms in total. The van der Waals surface area contributed by atoms with Gasteiger partial charge in [-0.25, -0.2) is 9.18 Å². The van der Waals surface area contributed by atoms with Crippen LogP contribution in [0.4, 0.5) is 9.18 Å². The molecule has 0 unspecified atom stereocenters. The lowest BCUT2D eigenvalue weighted by Crippen LogP contribution is -2.43. The van der Waals surface area contributed by atoms with Crippen LogP contribution in [-0.4, -0.2) is 30.1 Å². The van der Waals surface area contributed by atoms with Crippen molar-refractivity contribution < 1.29 is 18.7 Å². The summed E-state index contributed by atoms with van der Waals surface area (Å²) in [5.74, 6) is 0.549. The maximum atomic E-state index is 12.9. The fraction of sp³-hybridized carbons (Fsp3) is 0.381. The molecule has 1 N–H and O–H groups in total. The third kappa shape index (κ3) is 5.44. The highest BCUT2D eigenvalue weighted by molar-refractivity contribution is 5.74. The Bertz CT molecular complexity index is 777. The summed E-state index contributed by atoms with van der Waals surface area (Å²) in [5.41, 5.74) is 2.89. The number of hydrogen-bond donors (Lipinski definition) is 1. The van der Waals surface area contributed by atoms with Gasteiger partial charge in [0, 0.05) is 11.6 Å². The largest absolute Gasteiger partial charge is 0.491 e.